The van der Waals surface area contributed by atoms with Gasteiger partial charge in [0, 0.05) is 29.3 Å². The number of H-pyrrole nitrogens is 1. The zero-order valence-electron chi connectivity index (χ0n) is 14.8. The highest BCUT2D eigenvalue weighted by Crippen LogP contribution is 2.27. The quantitative estimate of drug-likeness (QED) is 0.582. The third kappa shape index (κ3) is 4.22. The molecule has 0 aliphatic rings. The maximum atomic E-state index is 12.4. The monoisotopic (exact) mass is 366 g/mol. The number of nitrogens with zero attached hydrogens (tertiary/aromatic N) is 1. The number of carbonyl (C=O) groups is 1. The molecule has 0 aliphatic heterocycles. The number of anilines is 2. The van der Waals surface area contributed by atoms with Crippen LogP contribution in [0.15, 0.2) is 36.4 Å². The maximum absolute atomic E-state index is 12.4. The molecule has 0 saturated carbocycles. The van der Waals surface area contributed by atoms with Gasteiger partial charge >= 0.3 is 6.03 Å². The van der Waals surface area contributed by atoms with Crippen molar-refractivity contribution in [2.75, 3.05) is 31.5 Å². The van der Waals surface area contributed by atoms with Crippen molar-refractivity contribution in [2.24, 2.45) is 0 Å². The van der Waals surface area contributed by atoms with Crippen molar-refractivity contribution in [3.05, 3.63) is 36.4 Å². The highest BCUT2D eigenvalue weighted by molar-refractivity contribution is 6.04. The Hall–Kier alpha value is -3.86. The Kier molecular flexibility index (Phi) is 5.33. The SMILES string of the molecule is C#CCOc1ccc2[nH]nc(NC(=O)Nc3cc(OC)cc(OC)c3)c2c1. The molecule has 0 bridgehead atoms. The third-order valence-corrected chi connectivity index (χ3v) is 3.70. The second kappa shape index (κ2) is 8.01. The zero-order chi connectivity index (χ0) is 19.2. The van der Waals surface area contributed by atoms with Crippen molar-refractivity contribution in [2.45, 2.75) is 0 Å². The van der Waals surface area contributed by atoms with Gasteiger partial charge in [0.15, 0.2) is 5.82 Å². The molecule has 138 valence electrons. The van der Waals surface area contributed by atoms with Crippen LogP contribution in [0, 0.1) is 12.3 Å². The summed E-state index contributed by atoms with van der Waals surface area (Å²) >= 11 is 0. The average molecular weight is 366 g/mol. The minimum absolute atomic E-state index is 0.157. The summed E-state index contributed by atoms with van der Waals surface area (Å²) in [5.41, 5.74) is 1.27. The van der Waals surface area contributed by atoms with Gasteiger partial charge in [-0.25, -0.2) is 4.79 Å². The second-order valence-electron chi connectivity index (χ2n) is 5.45. The van der Waals surface area contributed by atoms with Crippen LogP contribution in [0.2, 0.25) is 0 Å². The van der Waals surface area contributed by atoms with Crippen LogP contribution in [0.25, 0.3) is 10.9 Å². The van der Waals surface area contributed by atoms with E-state index in [1.165, 1.54) is 14.2 Å². The largest absolute Gasteiger partial charge is 0.497 e. The van der Waals surface area contributed by atoms with E-state index in [4.69, 9.17) is 20.6 Å². The maximum Gasteiger partial charge on any atom is 0.324 e. The third-order valence-electron chi connectivity index (χ3n) is 3.70. The predicted octanol–water partition coefficient (Wildman–Crippen LogP) is 3.24. The van der Waals surface area contributed by atoms with Gasteiger partial charge in [-0.15, -0.1) is 6.42 Å². The molecule has 0 atom stereocenters. The van der Waals surface area contributed by atoms with Gasteiger partial charge in [-0.2, -0.15) is 5.10 Å². The molecule has 8 nitrogen and oxygen atoms in total. The number of hydrogen-bond acceptors (Lipinski definition) is 5. The van der Waals surface area contributed by atoms with E-state index in [-0.39, 0.29) is 6.61 Å². The molecule has 3 N–H and O–H groups in total. The summed E-state index contributed by atoms with van der Waals surface area (Å²) in [5, 5.41) is 13.1. The number of fused-ring (bicyclic) bond motifs is 1. The van der Waals surface area contributed by atoms with Crippen molar-refractivity contribution in [1.29, 1.82) is 0 Å². The number of methoxy groups -OCH3 is 2. The first kappa shape index (κ1) is 17.9. The number of terminal acetylenes is 1. The molecule has 0 spiro atoms. The fourth-order valence-corrected chi connectivity index (χ4v) is 2.45. The molecule has 3 rings (SSSR count). The van der Waals surface area contributed by atoms with Crippen LogP contribution < -0.4 is 24.8 Å². The minimum Gasteiger partial charge on any atom is -0.497 e. The highest BCUT2D eigenvalue weighted by Gasteiger charge is 2.12. The fourth-order valence-electron chi connectivity index (χ4n) is 2.45. The average Bonchev–Trinajstić information content (AvgIpc) is 3.07. The molecule has 0 fully saturated rings. The van der Waals surface area contributed by atoms with E-state index >= 15 is 0 Å². The Labute approximate surface area is 155 Å². The summed E-state index contributed by atoms with van der Waals surface area (Å²) in [6.07, 6.45) is 5.20. The molecular formula is C19H18N4O4. The number of benzene rings is 2. The van der Waals surface area contributed by atoms with E-state index in [0.717, 1.165) is 5.52 Å². The lowest BCUT2D eigenvalue weighted by Gasteiger charge is -2.10. The first-order valence-electron chi connectivity index (χ1n) is 7.98. The molecule has 8 heteroatoms. The van der Waals surface area contributed by atoms with Crippen molar-refractivity contribution < 1.29 is 19.0 Å². The van der Waals surface area contributed by atoms with Crippen LogP contribution in [-0.2, 0) is 0 Å². The topological polar surface area (TPSA) is 97.5 Å². The van der Waals surface area contributed by atoms with Crippen molar-refractivity contribution in [3.63, 3.8) is 0 Å². The van der Waals surface area contributed by atoms with Gasteiger partial charge in [0.25, 0.3) is 0 Å². The van der Waals surface area contributed by atoms with Gasteiger partial charge in [0.05, 0.1) is 19.7 Å². The van der Waals surface area contributed by atoms with E-state index in [2.05, 4.69) is 26.8 Å². The Morgan fingerprint density at radius 1 is 1.11 bits per heavy atom. The molecule has 2 amide bonds. The summed E-state index contributed by atoms with van der Waals surface area (Å²) < 4.78 is 15.8. The number of ether oxygens (including phenoxy) is 3. The Morgan fingerprint density at radius 2 is 1.85 bits per heavy atom. The summed E-state index contributed by atoms with van der Waals surface area (Å²) in [6, 6.07) is 9.91. The van der Waals surface area contributed by atoms with E-state index in [9.17, 15) is 4.79 Å². The van der Waals surface area contributed by atoms with E-state index in [1.807, 2.05) is 0 Å². The van der Waals surface area contributed by atoms with E-state index in [0.29, 0.717) is 34.1 Å². The molecule has 27 heavy (non-hydrogen) atoms. The molecule has 0 unspecified atom stereocenters. The molecule has 1 aromatic heterocycles. The summed E-state index contributed by atoms with van der Waals surface area (Å²) in [5.74, 6) is 4.48. The fraction of sp³-hybridized carbons (Fsp3) is 0.158. The predicted molar refractivity (Wildman–Crippen MR) is 103 cm³/mol. The summed E-state index contributed by atoms with van der Waals surface area (Å²) in [4.78, 5) is 12.4. The molecule has 0 radical (unpaired) electrons. The standard InChI is InChI=1S/C19H18N4O4/c1-4-7-27-13-5-6-17-16(11-13)18(23-22-17)21-19(24)20-12-8-14(25-2)10-15(9-12)26-3/h1,5-6,8-11H,7H2,2-3H3,(H3,20,21,22,23,24). The lowest BCUT2D eigenvalue weighted by Crippen LogP contribution is -2.19. The first-order valence-corrected chi connectivity index (χ1v) is 7.98. The molecule has 0 saturated heterocycles. The second-order valence-corrected chi connectivity index (χ2v) is 5.45. The molecule has 1 heterocycles. The van der Waals surface area contributed by atoms with Gasteiger partial charge in [0.2, 0.25) is 0 Å². The van der Waals surface area contributed by atoms with Gasteiger partial charge < -0.3 is 19.5 Å². The van der Waals surface area contributed by atoms with Crippen LogP contribution in [0.1, 0.15) is 0 Å². The smallest absolute Gasteiger partial charge is 0.324 e. The number of nitrogens with one attached hydrogen (secondary N) is 3. The van der Waals surface area contributed by atoms with Crippen LogP contribution in [-0.4, -0.2) is 37.1 Å². The highest BCUT2D eigenvalue weighted by atomic mass is 16.5. The van der Waals surface area contributed by atoms with Crippen LogP contribution in [0.4, 0.5) is 16.3 Å². The Bertz CT molecular complexity index is 984. The van der Waals surface area contributed by atoms with E-state index in [1.54, 1.807) is 36.4 Å². The number of rotatable bonds is 6. The van der Waals surface area contributed by atoms with Gasteiger partial charge in [-0.05, 0) is 18.2 Å². The van der Waals surface area contributed by atoms with Gasteiger partial charge in [-0.3, -0.25) is 10.4 Å². The van der Waals surface area contributed by atoms with Crippen LogP contribution in [0.3, 0.4) is 0 Å². The number of amides is 2. The van der Waals surface area contributed by atoms with Crippen LogP contribution in [0.5, 0.6) is 17.2 Å². The molecule has 0 aliphatic carbocycles. The van der Waals surface area contributed by atoms with Gasteiger partial charge in [-0.1, -0.05) is 5.92 Å². The zero-order valence-corrected chi connectivity index (χ0v) is 14.8. The Morgan fingerprint density at radius 3 is 2.52 bits per heavy atom. The van der Waals surface area contributed by atoms with E-state index < -0.39 is 6.03 Å². The lowest BCUT2D eigenvalue weighted by molar-refractivity contribution is 0.262. The summed E-state index contributed by atoms with van der Waals surface area (Å²) in [7, 11) is 3.07. The molecule has 3 aromatic rings. The summed E-state index contributed by atoms with van der Waals surface area (Å²) in [6.45, 7) is 0.157. The minimum atomic E-state index is -0.464. The Balaban J connectivity index is 1.77. The number of aromatic amines is 1. The molecule has 2 aromatic carbocycles. The number of aromatic nitrogens is 2. The van der Waals surface area contributed by atoms with Gasteiger partial charge in [0.1, 0.15) is 23.9 Å². The molecular weight excluding hydrogens is 348 g/mol. The number of carbonyl (C=O) groups excluding carboxylic acids is 1. The van der Waals surface area contributed by atoms with Crippen molar-refractivity contribution in [1.82, 2.24) is 10.2 Å². The van der Waals surface area contributed by atoms with Crippen molar-refractivity contribution in [3.8, 4) is 29.6 Å². The normalized spacial score (nSPS) is 10.1. The number of hydrogen-bond donors (Lipinski definition) is 3. The first-order chi connectivity index (χ1) is 13.1. The number of urea groups is 1. The van der Waals surface area contributed by atoms with Crippen LogP contribution >= 0.6 is 0 Å². The van der Waals surface area contributed by atoms with Crippen molar-refractivity contribution >= 4 is 28.4 Å². The lowest BCUT2D eigenvalue weighted by atomic mass is 10.2.